The minimum absolute atomic E-state index is 0. The van der Waals surface area contributed by atoms with Crippen LogP contribution in [0.5, 0.6) is 0 Å². The van der Waals surface area contributed by atoms with Gasteiger partial charge in [0.25, 0.3) is 0 Å². The number of nitrogens with zero attached hydrogens (tertiary/aromatic N) is 1. The van der Waals surface area contributed by atoms with Crippen LogP contribution in [0.25, 0.3) is 0 Å². The van der Waals surface area contributed by atoms with E-state index in [-0.39, 0.29) is 12.4 Å². The molecule has 1 heterocycles. The van der Waals surface area contributed by atoms with Crippen LogP contribution in [0.15, 0.2) is 18.2 Å². The van der Waals surface area contributed by atoms with Crippen LogP contribution in [-0.2, 0) is 0 Å². The van der Waals surface area contributed by atoms with Gasteiger partial charge in [-0.1, -0.05) is 0 Å². The molecule has 0 spiro atoms. The molecule has 0 amide bonds. The molecular weight excluding hydrogens is 265 g/mol. The average Bonchev–Trinajstić information content (AvgIpc) is 2.30. The molecule has 0 aromatic heterocycles. The highest BCUT2D eigenvalue weighted by atomic mass is 35.5. The van der Waals surface area contributed by atoms with Crippen molar-refractivity contribution in [2.45, 2.75) is 6.04 Å². The summed E-state index contributed by atoms with van der Waals surface area (Å²) in [5, 5.41) is 3.16. The lowest BCUT2D eigenvalue weighted by molar-refractivity contribution is 0.147. The molecule has 1 aromatic rings. The largest absolute Gasteiger partial charge is 0.314 e. The standard InChI is InChI=1S/C12H15F3N2.ClH/c13-8-12(17-3-1-16-2-4-17)9-5-10(14)7-11(15)6-9;/h5-7,12,16H,1-4,8H2;1H/t12-;/m1./s1. The maximum Gasteiger partial charge on any atom is 0.126 e. The number of halogens is 4. The summed E-state index contributed by atoms with van der Waals surface area (Å²) in [6.07, 6.45) is 0. The van der Waals surface area contributed by atoms with Crippen molar-refractivity contribution in [2.75, 3.05) is 32.9 Å². The smallest absolute Gasteiger partial charge is 0.126 e. The molecule has 1 aliphatic rings. The lowest BCUT2D eigenvalue weighted by Gasteiger charge is -2.33. The number of alkyl halides is 1. The number of rotatable bonds is 3. The Bertz CT molecular complexity index is 363. The van der Waals surface area contributed by atoms with Gasteiger partial charge in [0.2, 0.25) is 0 Å². The second-order valence-corrected chi connectivity index (χ2v) is 4.16. The van der Waals surface area contributed by atoms with E-state index in [1.807, 2.05) is 4.90 Å². The van der Waals surface area contributed by atoms with Crippen molar-refractivity contribution in [3.05, 3.63) is 35.4 Å². The molecule has 0 unspecified atom stereocenters. The van der Waals surface area contributed by atoms with Crippen molar-refractivity contribution in [3.8, 4) is 0 Å². The molecule has 0 radical (unpaired) electrons. The van der Waals surface area contributed by atoms with Crippen molar-refractivity contribution >= 4 is 12.4 Å². The normalized spacial score (nSPS) is 18.2. The first kappa shape index (κ1) is 15.3. The van der Waals surface area contributed by atoms with Crippen LogP contribution in [0.3, 0.4) is 0 Å². The summed E-state index contributed by atoms with van der Waals surface area (Å²) in [7, 11) is 0. The summed E-state index contributed by atoms with van der Waals surface area (Å²) in [5.41, 5.74) is 0.368. The Morgan fingerprint density at radius 3 is 2.17 bits per heavy atom. The maximum atomic E-state index is 13.1. The maximum absolute atomic E-state index is 13.1. The van der Waals surface area contributed by atoms with Crippen molar-refractivity contribution in [1.29, 1.82) is 0 Å². The predicted molar refractivity (Wildman–Crippen MR) is 66.8 cm³/mol. The summed E-state index contributed by atoms with van der Waals surface area (Å²) in [6, 6.07) is 2.66. The minimum Gasteiger partial charge on any atom is -0.314 e. The van der Waals surface area contributed by atoms with E-state index in [1.54, 1.807) is 0 Å². The summed E-state index contributed by atoms with van der Waals surface area (Å²) >= 11 is 0. The second-order valence-electron chi connectivity index (χ2n) is 4.16. The van der Waals surface area contributed by atoms with Gasteiger partial charge in [0.1, 0.15) is 18.3 Å². The fourth-order valence-electron chi connectivity index (χ4n) is 2.16. The van der Waals surface area contributed by atoms with E-state index in [9.17, 15) is 13.2 Å². The number of hydrogen-bond donors (Lipinski definition) is 1. The third-order valence-corrected chi connectivity index (χ3v) is 3.01. The van der Waals surface area contributed by atoms with Crippen LogP contribution in [-0.4, -0.2) is 37.8 Å². The van der Waals surface area contributed by atoms with Gasteiger partial charge in [-0.25, -0.2) is 13.2 Å². The highest BCUT2D eigenvalue weighted by molar-refractivity contribution is 5.85. The molecular formula is C12H16ClF3N2. The van der Waals surface area contributed by atoms with Crippen LogP contribution in [0.4, 0.5) is 13.2 Å². The van der Waals surface area contributed by atoms with E-state index in [4.69, 9.17) is 0 Å². The molecule has 1 atom stereocenters. The minimum atomic E-state index is -0.659. The first-order chi connectivity index (χ1) is 8.20. The van der Waals surface area contributed by atoms with Crippen LogP contribution in [0.2, 0.25) is 0 Å². The Labute approximate surface area is 111 Å². The van der Waals surface area contributed by atoms with E-state index < -0.39 is 24.4 Å². The topological polar surface area (TPSA) is 15.3 Å². The van der Waals surface area contributed by atoms with E-state index in [0.717, 1.165) is 19.2 Å². The third kappa shape index (κ3) is 3.60. The number of benzene rings is 1. The van der Waals surface area contributed by atoms with Crippen molar-refractivity contribution in [1.82, 2.24) is 10.2 Å². The Balaban J connectivity index is 0.00000162. The van der Waals surface area contributed by atoms with Gasteiger partial charge in [-0.15, -0.1) is 12.4 Å². The van der Waals surface area contributed by atoms with E-state index in [0.29, 0.717) is 18.7 Å². The second kappa shape index (κ2) is 6.97. The molecule has 1 fully saturated rings. The summed E-state index contributed by atoms with van der Waals surface area (Å²) in [5.74, 6) is -1.32. The van der Waals surface area contributed by atoms with Gasteiger partial charge in [-0.3, -0.25) is 4.90 Å². The van der Waals surface area contributed by atoms with Gasteiger partial charge in [-0.2, -0.15) is 0 Å². The molecule has 0 aliphatic carbocycles. The van der Waals surface area contributed by atoms with Gasteiger partial charge < -0.3 is 5.32 Å². The zero-order valence-corrected chi connectivity index (χ0v) is 10.7. The van der Waals surface area contributed by atoms with E-state index in [1.165, 1.54) is 12.1 Å². The monoisotopic (exact) mass is 280 g/mol. The molecule has 102 valence electrons. The Morgan fingerprint density at radius 1 is 1.11 bits per heavy atom. The van der Waals surface area contributed by atoms with Crippen LogP contribution in [0, 0.1) is 11.6 Å². The van der Waals surface area contributed by atoms with Gasteiger partial charge >= 0.3 is 0 Å². The molecule has 0 bridgehead atoms. The molecule has 2 rings (SSSR count). The summed E-state index contributed by atoms with van der Waals surface area (Å²) in [6.45, 7) is 2.28. The van der Waals surface area contributed by atoms with Gasteiger partial charge in [0.15, 0.2) is 0 Å². The van der Waals surface area contributed by atoms with Crippen LogP contribution >= 0.6 is 12.4 Å². The number of nitrogens with one attached hydrogen (secondary N) is 1. The lowest BCUT2D eigenvalue weighted by Crippen LogP contribution is -2.45. The SMILES string of the molecule is Cl.FC[C@H](c1cc(F)cc(F)c1)N1CCNCC1. The number of piperazine rings is 1. The predicted octanol–water partition coefficient (Wildman–Crippen LogP) is 2.30. The van der Waals surface area contributed by atoms with Crippen LogP contribution in [0.1, 0.15) is 11.6 Å². The molecule has 1 aromatic carbocycles. The van der Waals surface area contributed by atoms with E-state index >= 15 is 0 Å². The molecule has 1 saturated heterocycles. The fourth-order valence-corrected chi connectivity index (χ4v) is 2.16. The fraction of sp³-hybridized carbons (Fsp3) is 0.500. The molecule has 2 nitrogen and oxygen atoms in total. The van der Waals surface area contributed by atoms with Gasteiger partial charge in [0, 0.05) is 32.2 Å². The third-order valence-electron chi connectivity index (χ3n) is 3.01. The van der Waals surface area contributed by atoms with Gasteiger partial charge in [-0.05, 0) is 17.7 Å². The van der Waals surface area contributed by atoms with Crippen LogP contribution < -0.4 is 5.32 Å². The highest BCUT2D eigenvalue weighted by Gasteiger charge is 2.22. The first-order valence-corrected chi connectivity index (χ1v) is 5.67. The molecule has 18 heavy (non-hydrogen) atoms. The molecule has 1 N–H and O–H groups in total. The average molecular weight is 281 g/mol. The molecule has 1 aliphatic heterocycles. The highest BCUT2D eigenvalue weighted by Crippen LogP contribution is 2.23. The Hall–Kier alpha value is -0.780. The van der Waals surface area contributed by atoms with E-state index in [2.05, 4.69) is 5.32 Å². The van der Waals surface area contributed by atoms with Gasteiger partial charge in [0.05, 0.1) is 6.04 Å². The Morgan fingerprint density at radius 2 is 1.67 bits per heavy atom. The quantitative estimate of drug-likeness (QED) is 0.914. The van der Waals surface area contributed by atoms with Crippen molar-refractivity contribution < 1.29 is 13.2 Å². The zero-order chi connectivity index (χ0) is 12.3. The number of hydrogen-bond acceptors (Lipinski definition) is 2. The summed E-state index contributed by atoms with van der Waals surface area (Å²) in [4.78, 5) is 1.91. The molecule has 6 heteroatoms. The van der Waals surface area contributed by atoms with Crippen molar-refractivity contribution in [2.24, 2.45) is 0 Å². The lowest BCUT2D eigenvalue weighted by atomic mass is 10.1. The summed E-state index contributed by atoms with van der Waals surface area (Å²) < 4.78 is 39.3. The van der Waals surface area contributed by atoms with Crippen molar-refractivity contribution in [3.63, 3.8) is 0 Å². The zero-order valence-electron chi connectivity index (χ0n) is 9.83. The first-order valence-electron chi connectivity index (χ1n) is 5.67. The Kier molecular flexibility index (Phi) is 5.91. The molecule has 0 saturated carbocycles.